The maximum atomic E-state index is 12.7. The summed E-state index contributed by atoms with van der Waals surface area (Å²) in [5.74, 6) is -0.150. The van der Waals surface area contributed by atoms with E-state index in [-0.39, 0.29) is 23.4 Å². The summed E-state index contributed by atoms with van der Waals surface area (Å²) in [6, 6.07) is 25.2. The monoisotopic (exact) mass is 422 g/mol. The van der Waals surface area contributed by atoms with Gasteiger partial charge in [-0.2, -0.15) is 4.31 Å². The van der Waals surface area contributed by atoms with Crippen LogP contribution in [-0.2, 0) is 16.6 Å². The molecule has 3 aromatic rings. The Labute approximate surface area is 178 Å². The van der Waals surface area contributed by atoms with Gasteiger partial charge in [-0.3, -0.25) is 4.79 Å². The molecule has 6 heteroatoms. The molecule has 0 fully saturated rings. The highest BCUT2D eigenvalue weighted by molar-refractivity contribution is 7.89. The lowest BCUT2D eigenvalue weighted by molar-refractivity contribution is 0.0935. The molecule has 0 saturated heterocycles. The van der Waals surface area contributed by atoms with E-state index in [2.05, 4.69) is 5.32 Å². The molecule has 0 aromatic heterocycles. The number of benzene rings is 3. The minimum absolute atomic E-state index is 0.0551. The van der Waals surface area contributed by atoms with Gasteiger partial charge in [0.2, 0.25) is 10.0 Å². The van der Waals surface area contributed by atoms with Crippen molar-refractivity contribution in [2.24, 2.45) is 0 Å². The van der Waals surface area contributed by atoms with Gasteiger partial charge in [-0.25, -0.2) is 8.42 Å². The van der Waals surface area contributed by atoms with Gasteiger partial charge in [-0.1, -0.05) is 67.6 Å². The summed E-state index contributed by atoms with van der Waals surface area (Å²) in [6.07, 6.45) is 0.788. The minimum Gasteiger partial charge on any atom is -0.345 e. The molecule has 30 heavy (non-hydrogen) atoms. The molecule has 1 N–H and O–H groups in total. The van der Waals surface area contributed by atoms with Crippen LogP contribution in [0.1, 0.15) is 40.9 Å². The maximum absolute atomic E-state index is 12.7. The van der Waals surface area contributed by atoms with Gasteiger partial charge >= 0.3 is 0 Å². The fraction of sp³-hybridized carbons (Fsp3) is 0.208. The largest absolute Gasteiger partial charge is 0.345 e. The number of sulfonamides is 1. The molecule has 1 atom stereocenters. The summed E-state index contributed by atoms with van der Waals surface area (Å²) in [6.45, 7) is 2.25. The van der Waals surface area contributed by atoms with Crippen LogP contribution in [0.2, 0.25) is 0 Å². The van der Waals surface area contributed by atoms with Crippen LogP contribution in [0.3, 0.4) is 0 Å². The Hall–Kier alpha value is -2.96. The Balaban J connectivity index is 1.66. The molecular weight excluding hydrogens is 396 g/mol. The number of nitrogens with one attached hydrogen (secondary N) is 1. The highest BCUT2D eigenvalue weighted by Gasteiger charge is 2.20. The van der Waals surface area contributed by atoms with Crippen LogP contribution in [0.5, 0.6) is 0 Å². The van der Waals surface area contributed by atoms with Gasteiger partial charge < -0.3 is 5.32 Å². The van der Waals surface area contributed by atoms with Gasteiger partial charge in [0.25, 0.3) is 5.91 Å². The highest BCUT2D eigenvalue weighted by atomic mass is 32.2. The van der Waals surface area contributed by atoms with E-state index in [0.717, 1.165) is 17.5 Å². The zero-order chi connectivity index (χ0) is 21.6. The summed E-state index contributed by atoms with van der Waals surface area (Å²) in [5.41, 5.74) is 2.42. The Morgan fingerprint density at radius 3 is 2.03 bits per heavy atom. The number of nitrogens with zero attached hydrogens (tertiary/aromatic N) is 1. The number of rotatable bonds is 8. The number of amides is 1. The van der Waals surface area contributed by atoms with Gasteiger partial charge in [0, 0.05) is 19.2 Å². The quantitative estimate of drug-likeness (QED) is 0.586. The molecule has 1 amide bonds. The molecule has 0 saturated carbocycles. The Kier molecular flexibility index (Phi) is 7.03. The molecule has 3 aromatic carbocycles. The average Bonchev–Trinajstić information content (AvgIpc) is 2.79. The summed E-state index contributed by atoms with van der Waals surface area (Å²) in [5, 5.41) is 3.06. The summed E-state index contributed by atoms with van der Waals surface area (Å²) >= 11 is 0. The van der Waals surface area contributed by atoms with E-state index in [4.69, 9.17) is 0 Å². The normalized spacial score (nSPS) is 12.5. The highest BCUT2D eigenvalue weighted by Crippen LogP contribution is 2.19. The van der Waals surface area contributed by atoms with Gasteiger partial charge in [-0.05, 0) is 41.8 Å². The fourth-order valence-electron chi connectivity index (χ4n) is 3.22. The van der Waals surface area contributed by atoms with Crippen LogP contribution in [-0.4, -0.2) is 25.7 Å². The molecule has 0 spiro atoms. The first-order chi connectivity index (χ1) is 14.4. The molecule has 0 aliphatic rings. The van der Waals surface area contributed by atoms with Gasteiger partial charge in [0.15, 0.2) is 0 Å². The molecular formula is C24H26N2O3S. The second kappa shape index (κ2) is 9.69. The second-order valence-corrected chi connectivity index (χ2v) is 9.16. The van der Waals surface area contributed by atoms with E-state index >= 15 is 0 Å². The predicted molar refractivity (Wildman–Crippen MR) is 118 cm³/mol. The second-order valence-electron chi connectivity index (χ2n) is 7.12. The van der Waals surface area contributed by atoms with Crippen molar-refractivity contribution in [3.63, 3.8) is 0 Å². The van der Waals surface area contributed by atoms with Crippen molar-refractivity contribution in [2.75, 3.05) is 7.05 Å². The Bertz CT molecular complexity index is 1070. The predicted octanol–water partition coefficient (Wildman–Crippen LogP) is 4.39. The van der Waals surface area contributed by atoms with Crippen LogP contribution >= 0.6 is 0 Å². The van der Waals surface area contributed by atoms with Crippen molar-refractivity contribution in [3.8, 4) is 0 Å². The third-order valence-corrected chi connectivity index (χ3v) is 6.81. The van der Waals surface area contributed by atoms with Crippen molar-refractivity contribution in [2.45, 2.75) is 30.8 Å². The van der Waals surface area contributed by atoms with E-state index in [1.807, 2.05) is 37.3 Å². The van der Waals surface area contributed by atoms with E-state index in [1.54, 1.807) is 61.6 Å². The molecule has 3 rings (SSSR count). The molecule has 0 bridgehead atoms. The van der Waals surface area contributed by atoms with E-state index in [9.17, 15) is 13.2 Å². The lowest BCUT2D eigenvalue weighted by atomic mass is 10.0. The smallest absolute Gasteiger partial charge is 0.251 e. The number of hydrogen-bond acceptors (Lipinski definition) is 3. The first-order valence-electron chi connectivity index (χ1n) is 9.88. The number of carbonyl (C=O) groups excluding carboxylic acids is 1. The topological polar surface area (TPSA) is 66.5 Å². The van der Waals surface area contributed by atoms with Crippen molar-refractivity contribution in [3.05, 3.63) is 102 Å². The summed E-state index contributed by atoms with van der Waals surface area (Å²) < 4.78 is 26.6. The first kappa shape index (κ1) is 21.7. The Morgan fingerprint density at radius 2 is 1.47 bits per heavy atom. The SMILES string of the molecule is CC[C@H](NC(=O)c1ccc(CN(C)S(=O)(=O)c2ccccc2)cc1)c1ccccc1. The van der Waals surface area contributed by atoms with Gasteiger partial charge in [-0.15, -0.1) is 0 Å². The third kappa shape index (κ3) is 5.14. The first-order valence-corrected chi connectivity index (χ1v) is 11.3. The fourth-order valence-corrected chi connectivity index (χ4v) is 4.40. The van der Waals surface area contributed by atoms with Crippen molar-refractivity contribution >= 4 is 15.9 Å². The zero-order valence-corrected chi connectivity index (χ0v) is 18.0. The van der Waals surface area contributed by atoms with Crippen molar-refractivity contribution < 1.29 is 13.2 Å². The lowest BCUT2D eigenvalue weighted by Gasteiger charge is -2.18. The third-order valence-electron chi connectivity index (χ3n) is 4.99. The molecule has 0 heterocycles. The number of carbonyl (C=O) groups is 1. The maximum Gasteiger partial charge on any atom is 0.251 e. The molecule has 0 unspecified atom stereocenters. The van der Waals surface area contributed by atoms with E-state index in [1.165, 1.54) is 4.31 Å². The van der Waals surface area contributed by atoms with Crippen LogP contribution < -0.4 is 5.32 Å². The summed E-state index contributed by atoms with van der Waals surface area (Å²) in [7, 11) is -2.01. The molecule has 156 valence electrons. The molecule has 0 aliphatic carbocycles. The van der Waals surface area contributed by atoms with Gasteiger partial charge in [0.1, 0.15) is 0 Å². The molecule has 0 aliphatic heterocycles. The van der Waals surface area contributed by atoms with Crippen LogP contribution in [0.25, 0.3) is 0 Å². The van der Waals surface area contributed by atoms with Crippen LogP contribution in [0.15, 0.2) is 89.8 Å². The Morgan fingerprint density at radius 1 is 0.900 bits per heavy atom. The number of hydrogen-bond donors (Lipinski definition) is 1. The van der Waals surface area contributed by atoms with Crippen LogP contribution in [0.4, 0.5) is 0 Å². The van der Waals surface area contributed by atoms with E-state index in [0.29, 0.717) is 5.56 Å². The standard InChI is InChI=1S/C24H26N2O3S/c1-3-23(20-10-6-4-7-11-20)25-24(27)21-16-14-19(15-17-21)18-26(2)30(28,29)22-12-8-5-9-13-22/h4-17,23H,3,18H2,1-2H3,(H,25,27)/t23-/m0/s1. The minimum atomic E-state index is -3.56. The van der Waals surface area contributed by atoms with Gasteiger partial charge in [0.05, 0.1) is 10.9 Å². The van der Waals surface area contributed by atoms with Crippen LogP contribution in [0, 0.1) is 0 Å². The van der Waals surface area contributed by atoms with E-state index < -0.39 is 10.0 Å². The van der Waals surface area contributed by atoms with Crippen molar-refractivity contribution in [1.82, 2.24) is 9.62 Å². The molecule has 0 radical (unpaired) electrons. The lowest BCUT2D eigenvalue weighted by Crippen LogP contribution is -2.28. The summed E-state index contributed by atoms with van der Waals surface area (Å²) in [4.78, 5) is 12.9. The zero-order valence-electron chi connectivity index (χ0n) is 17.2. The average molecular weight is 423 g/mol. The molecule has 5 nitrogen and oxygen atoms in total. The van der Waals surface area contributed by atoms with Crippen molar-refractivity contribution in [1.29, 1.82) is 0 Å².